The highest BCUT2D eigenvalue weighted by molar-refractivity contribution is 7.25. The van der Waals surface area contributed by atoms with E-state index in [0.717, 1.165) is 78.1 Å². The fourth-order valence-corrected chi connectivity index (χ4v) is 10.6. The Labute approximate surface area is 365 Å². The van der Waals surface area contributed by atoms with E-state index in [1.165, 1.54) is 36.9 Å². The van der Waals surface area contributed by atoms with Crippen molar-refractivity contribution in [3.8, 4) is 33.9 Å². The predicted octanol–water partition coefficient (Wildman–Crippen LogP) is 15.7. The van der Waals surface area contributed by atoms with Gasteiger partial charge in [-0.1, -0.05) is 140 Å². The van der Waals surface area contributed by atoms with Crippen molar-refractivity contribution in [3.05, 3.63) is 211 Å². The van der Waals surface area contributed by atoms with Crippen LogP contribution < -0.4 is 0 Å². The van der Waals surface area contributed by atoms with Gasteiger partial charge in [0.2, 0.25) is 0 Å². The molecule has 1 atom stereocenters. The van der Waals surface area contributed by atoms with Gasteiger partial charge in [-0.25, -0.2) is 15.0 Å². The Morgan fingerprint density at radius 3 is 1.94 bits per heavy atom. The molecule has 1 unspecified atom stereocenters. The minimum absolute atomic E-state index is 0.132. The van der Waals surface area contributed by atoms with Crippen molar-refractivity contribution < 1.29 is 8.83 Å². The molecule has 13 rings (SSSR count). The normalized spacial score (nSPS) is 14.3. The third-order valence-electron chi connectivity index (χ3n) is 12.5. The number of hydrogen-bond donors (Lipinski definition) is 0. The summed E-state index contributed by atoms with van der Waals surface area (Å²) < 4.78 is 15.6. The van der Waals surface area contributed by atoms with Crippen LogP contribution in [0.1, 0.15) is 29.3 Å². The zero-order valence-corrected chi connectivity index (χ0v) is 34.6. The van der Waals surface area contributed by atoms with E-state index in [0.29, 0.717) is 17.5 Å². The Morgan fingerprint density at radius 2 is 1.08 bits per heavy atom. The molecule has 8 aromatic carbocycles. The number of aromatic nitrogens is 3. The second-order valence-electron chi connectivity index (χ2n) is 16.3. The van der Waals surface area contributed by atoms with Crippen molar-refractivity contribution in [2.75, 3.05) is 0 Å². The Bertz CT molecular complexity index is 3840. The van der Waals surface area contributed by atoms with Gasteiger partial charge >= 0.3 is 0 Å². The van der Waals surface area contributed by atoms with Crippen molar-refractivity contribution in [1.29, 1.82) is 0 Å². The van der Waals surface area contributed by atoms with Crippen LogP contribution in [0.15, 0.2) is 203 Å². The first-order chi connectivity index (χ1) is 31.2. The van der Waals surface area contributed by atoms with E-state index >= 15 is 0 Å². The molecule has 12 aromatic rings. The molecule has 0 N–H and O–H groups in total. The number of benzene rings is 8. The fraction of sp³-hybridized carbons (Fsp3) is 0.0351. The molecule has 0 bridgehead atoms. The highest BCUT2D eigenvalue weighted by atomic mass is 32.1. The number of para-hydroxylation sites is 2. The summed E-state index contributed by atoms with van der Waals surface area (Å²) in [5.74, 6) is 1.96. The van der Waals surface area contributed by atoms with Crippen LogP contribution in [0.2, 0.25) is 0 Å². The van der Waals surface area contributed by atoms with Crippen molar-refractivity contribution in [2.45, 2.75) is 12.3 Å². The van der Waals surface area contributed by atoms with Crippen LogP contribution in [0.25, 0.3) is 109 Å². The molecule has 296 valence electrons. The number of furan rings is 2. The maximum Gasteiger partial charge on any atom is 0.164 e. The summed E-state index contributed by atoms with van der Waals surface area (Å²) in [6.45, 7) is 0. The van der Waals surface area contributed by atoms with Gasteiger partial charge in [-0.15, -0.1) is 11.3 Å². The van der Waals surface area contributed by atoms with E-state index in [4.69, 9.17) is 23.8 Å². The lowest BCUT2D eigenvalue weighted by molar-refractivity contribution is 0.668. The minimum atomic E-state index is 0.132. The summed E-state index contributed by atoms with van der Waals surface area (Å²) in [7, 11) is 0. The molecule has 0 amide bonds. The molecule has 0 saturated carbocycles. The second kappa shape index (κ2) is 14.3. The first kappa shape index (κ1) is 35.8. The Kier molecular flexibility index (Phi) is 8.14. The van der Waals surface area contributed by atoms with Gasteiger partial charge in [0.05, 0.1) is 0 Å². The van der Waals surface area contributed by atoms with E-state index in [2.05, 4.69) is 164 Å². The van der Waals surface area contributed by atoms with Gasteiger partial charge in [0, 0.05) is 69.9 Å². The van der Waals surface area contributed by atoms with Crippen molar-refractivity contribution in [3.63, 3.8) is 0 Å². The van der Waals surface area contributed by atoms with Crippen molar-refractivity contribution >= 4 is 86.5 Å². The molecule has 6 heteroatoms. The highest BCUT2D eigenvalue weighted by Crippen LogP contribution is 2.44. The van der Waals surface area contributed by atoms with E-state index < -0.39 is 0 Å². The number of allylic oxidation sites excluding steroid dienone is 4. The highest BCUT2D eigenvalue weighted by Gasteiger charge is 2.25. The monoisotopic (exact) mass is 825 g/mol. The summed E-state index contributed by atoms with van der Waals surface area (Å²) in [6.07, 6.45) is 5.47. The lowest BCUT2D eigenvalue weighted by Crippen LogP contribution is -2.08. The molecule has 4 aromatic heterocycles. The van der Waals surface area contributed by atoms with Crippen LogP contribution in [-0.2, 0) is 0 Å². The molecule has 1 aliphatic carbocycles. The average Bonchev–Trinajstić information content (AvgIpc) is 4.05. The van der Waals surface area contributed by atoms with Crippen LogP contribution in [0.5, 0.6) is 0 Å². The number of rotatable bonds is 6. The largest absolute Gasteiger partial charge is 0.456 e. The van der Waals surface area contributed by atoms with Gasteiger partial charge < -0.3 is 8.83 Å². The zero-order chi connectivity index (χ0) is 41.4. The first-order valence-electron chi connectivity index (χ1n) is 21.3. The Hall–Kier alpha value is -7.93. The molecule has 0 saturated heterocycles. The number of fused-ring (bicyclic) bond motifs is 9. The quantitative estimate of drug-likeness (QED) is 0.167. The van der Waals surface area contributed by atoms with Crippen LogP contribution in [0.3, 0.4) is 0 Å². The molecule has 63 heavy (non-hydrogen) atoms. The number of hydrogen-bond acceptors (Lipinski definition) is 6. The zero-order valence-electron chi connectivity index (χ0n) is 33.8. The van der Waals surface area contributed by atoms with Crippen LogP contribution in [0.4, 0.5) is 0 Å². The van der Waals surface area contributed by atoms with Crippen LogP contribution in [-0.4, -0.2) is 15.0 Å². The van der Waals surface area contributed by atoms with Crippen molar-refractivity contribution in [2.24, 2.45) is 0 Å². The smallest absolute Gasteiger partial charge is 0.164 e. The maximum atomic E-state index is 6.81. The molecule has 0 fully saturated rings. The third kappa shape index (κ3) is 6.02. The molecule has 0 aliphatic heterocycles. The summed E-state index contributed by atoms with van der Waals surface area (Å²) in [6, 6.07) is 63.7. The van der Waals surface area contributed by atoms with Gasteiger partial charge in [0.15, 0.2) is 17.5 Å². The molecular weight excluding hydrogens is 791 g/mol. The van der Waals surface area contributed by atoms with E-state index in [-0.39, 0.29) is 5.92 Å². The molecule has 0 spiro atoms. The molecular formula is C57H35N3O2S. The van der Waals surface area contributed by atoms with Crippen LogP contribution >= 0.6 is 11.3 Å². The maximum absolute atomic E-state index is 6.81. The first-order valence-corrected chi connectivity index (χ1v) is 22.1. The summed E-state index contributed by atoms with van der Waals surface area (Å²) in [5.41, 5.74) is 11.7. The minimum Gasteiger partial charge on any atom is -0.456 e. The molecule has 0 radical (unpaired) electrons. The average molecular weight is 826 g/mol. The van der Waals surface area contributed by atoms with Crippen LogP contribution in [0, 0.1) is 0 Å². The standard InChI is InChI=1S/C57H35N3O2S/c1-3-13-34(14-4-1)38-29-39(35-15-5-2-6-16-35)31-40(30-38)56-58-55(37-24-26-45-44-18-9-12-22-51(44)63-52(45)33-37)59-57(60-56)47-28-27-41(54-53(47)46-19-8-11-21-49(46)62-54)36-23-25-43-42-17-7-10-20-48(42)61-50(43)32-36/h1-28,30-33,38H,29H2. The Balaban J connectivity index is 1.04. The van der Waals surface area contributed by atoms with Gasteiger partial charge in [-0.3, -0.25) is 0 Å². The van der Waals surface area contributed by atoms with E-state index in [9.17, 15) is 0 Å². The third-order valence-corrected chi connectivity index (χ3v) is 13.6. The number of thiophene rings is 1. The summed E-state index contributed by atoms with van der Waals surface area (Å²) >= 11 is 1.79. The van der Waals surface area contributed by atoms with E-state index in [1.54, 1.807) is 11.3 Å². The molecule has 4 heterocycles. The lowest BCUT2D eigenvalue weighted by Gasteiger charge is -2.23. The van der Waals surface area contributed by atoms with Gasteiger partial charge in [0.1, 0.15) is 22.3 Å². The Morgan fingerprint density at radius 1 is 0.444 bits per heavy atom. The van der Waals surface area contributed by atoms with Crippen molar-refractivity contribution in [1.82, 2.24) is 15.0 Å². The fourth-order valence-electron chi connectivity index (χ4n) is 9.47. The molecule has 5 nitrogen and oxygen atoms in total. The second-order valence-corrected chi connectivity index (χ2v) is 17.4. The predicted molar refractivity (Wildman–Crippen MR) is 260 cm³/mol. The SMILES string of the molecule is C1=C(c2ccccc2)CC(c2ccccc2)C=C1c1nc(-c2ccc3c(c2)sc2ccccc23)nc(-c2ccc(-c3ccc4c(c3)oc3ccccc34)c3oc4ccccc4c23)n1. The lowest BCUT2D eigenvalue weighted by atomic mass is 9.83. The van der Waals surface area contributed by atoms with Gasteiger partial charge in [-0.2, -0.15) is 0 Å². The van der Waals surface area contributed by atoms with E-state index in [1.807, 2.05) is 30.3 Å². The molecule has 1 aliphatic rings. The number of nitrogens with zero attached hydrogens (tertiary/aromatic N) is 3. The van der Waals surface area contributed by atoms with Gasteiger partial charge in [-0.05, 0) is 83.3 Å². The summed E-state index contributed by atoms with van der Waals surface area (Å²) in [5, 5.41) is 6.63. The topological polar surface area (TPSA) is 65.0 Å². The van der Waals surface area contributed by atoms with Gasteiger partial charge in [0.25, 0.3) is 0 Å². The summed E-state index contributed by atoms with van der Waals surface area (Å²) in [4.78, 5) is 16.1.